The lowest BCUT2D eigenvalue weighted by molar-refractivity contribution is 0.0728. The minimum absolute atomic E-state index is 0.137. The third-order valence-corrected chi connectivity index (χ3v) is 5.30. The Morgan fingerprint density at radius 2 is 1.76 bits per heavy atom. The third-order valence-electron chi connectivity index (χ3n) is 5.30. The summed E-state index contributed by atoms with van der Waals surface area (Å²) in [7, 11) is 0. The molecule has 0 fully saturated rings. The number of ether oxygens (including phenoxy) is 1. The van der Waals surface area contributed by atoms with Gasteiger partial charge in [0, 0.05) is 6.54 Å². The van der Waals surface area contributed by atoms with Crippen LogP contribution in [0.25, 0.3) is 11.0 Å². The van der Waals surface area contributed by atoms with Gasteiger partial charge in [0.2, 0.25) is 5.76 Å². The Hall–Kier alpha value is -3.08. The van der Waals surface area contributed by atoms with E-state index in [1.165, 1.54) is 0 Å². The van der Waals surface area contributed by atoms with Crippen molar-refractivity contribution in [2.24, 2.45) is 0 Å². The van der Waals surface area contributed by atoms with Gasteiger partial charge in [0.05, 0.1) is 23.6 Å². The summed E-state index contributed by atoms with van der Waals surface area (Å²) in [6.45, 7) is 5.37. The highest BCUT2D eigenvalue weighted by atomic mass is 16.5. The molecular formula is C24H25NO4. The number of fused-ring (bicyclic) bond motifs is 2. The number of carbonyl (C=O) groups is 1. The Balaban J connectivity index is 1.79. The molecule has 0 saturated heterocycles. The zero-order valence-electron chi connectivity index (χ0n) is 16.8. The lowest BCUT2D eigenvalue weighted by Gasteiger charge is -2.24. The number of unbranched alkanes of at least 4 members (excludes halogenated alkanes) is 1. The van der Waals surface area contributed by atoms with Gasteiger partial charge in [-0.1, -0.05) is 44.5 Å². The van der Waals surface area contributed by atoms with Crippen molar-refractivity contribution in [3.8, 4) is 5.75 Å². The van der Waals surface area contributed by atoms with Gasteiger partial charge in [-0.3, -0.25) is 9.59 Å². The number of amides is 1. The Bertz CT molecular complexity index is 1080. The summed E-state index contributed by atoms with van der Waals surface area (Å²) in [6, 6.07) is 14.3. The molecule has 0 saturated carbocycles. The van der Waals surface area contributed by atoms with Crippen LogP contribution in [0.15, 0.2) is 57.7 Å². The van der Waals surface area contributed by atoms with Crippen molar-refractivity contribution in [3.63, 3.8) is 0 Å². The second-order valence-electron chi connectivity index (χ2n) is 7.34. The normalized spacial score (nSPS) is 15.7. The molecule has 1 unspecified atom stereocenters. The smallest absolute Gasteiger partial charge is 0.290 e. The Kier molecular flexibility index (Phi) is 5.38. The summed E-state index contributed by atoms with van der Waals surface area (Å²) in [4.78, 5) is 28.1. The zero-order chi connectivity index (χ0) is 20.4. The topological polar surface area (TPSA) is 59.8 Å². The predicted octanol–water partition coefficient (Wildman–Crippen LogP) is 4.93. The summed E-state index contributed by atoms with van der Waals surface area (Å²) >= 11 is 0. The van der Waals surface area contributed by atoms with E-state index < -0.39 is 6.04 Å². The molecule has 1 amide bonds. The van der Waals surface area contributed by atoms with Crippen LogP contribution in [0.2, 0.25) is 0 Å². The maximum atomic E-state index is 13.3. The first-order valence-corrected chi connectivity index (χ1v) is 10.2. The van der Waals surface area contributed by atoms with Gasteiger partial charge >= 0.3 is 0 Å². The molecule has 1 aliphatic rings. The monoisotopic (exact) mass is 391 g/mol. The van der Waals surface area contributed by atoms with Gasteiger partial charge in [0.25, 0.3) is 5.91 Å². The Morgan fingerprint density at radius 1 is 1.00 bits per heavy atom. The molecule has 5 heteroatoms. The fourth-order valence-corrected chi connectivity index (χ4v) is 3.87. The highest BCUT2D eigenvalue weighted by Gasteiger charge is 2.42. The number of nitrogens with zero attached hydrogens (tertiary/aromatic N) is 1. The van der Waals surface area contributed by atoms with Gasteiger partial charge in [0.15, 0.2) is 5.43 Å². The Labute approximate surface area is 169 Å². The number of benzene rings is 2. The molecule has 0 spiro atoms. The van der Waals surface area contributed by atoms with Crippen molar-refractivity contribution in [3.05, 3.63) is 75.6 Å². The molecule has 3 aromatic rings. The van der Waals surface area contributed by atoms with E-state index in [0.717, 1.165) is 30.6 Å². The average Bonchev–Trinajstić information content (AvgIpc) is 3.02. The molecule has 150 valence electrons. The lowest BCUT2D eigenvalue weighted by atomic mass is 9.98. The van der Waals surface area contributed by atoms with Crippen molar-refractivity contribution in [1.82, 2.24) is 4.90 Å². The fraction of sp³-hybridized carbons (Fsp3) is 0.333. The van der Waals surface area contributed by atoms with E-state index in [2.05, 4.69) is 6.92 Å². The molecule has 0 N–H and O–H groups in total. The van der Waals surface area contributed by atoms with Crippen molar-refractivity contribution in [2.75, 3.05) is 13.2 Å². The van der Waals surface area contributed by atoms with Crippen molar-refractivity contribution < 1.29 is 13.9 Å². The molecule has 29 heavy (non-hydrogen) atoms. The minimum atomic E-state index is -0.442. The summed E-state index contributed by atoms with van der Waals surface area (Å²) < 4.78 is 11.6. The molecule has 0 bridgehead atoms. The van der Waals surface area contributed by atoms with E-state index >= 15 is 0 Å². The van der Waals surface area contributed by atoms with Crippen LogP contribution in [0.5, 0.6) is 5.75 Å². The van der Waals surface area contributed by atoms with Crippen LogP contribution in [0.3, 0.4) is 0 Å². The van der Waals surface area contributed by atoms with E-state index in [-0.39, 0.29) is 17.1 Å². The number of para-hydroxylation sites is 1. The second-order valence-corrected chi connectivity index (χ2v) is 7.34. The predicted molar refractivity (Wildman–Crippen MR) is 112 cm³/mol. The quantitative estimate of drug-likeness (QED) is 0.536. The standard InChI is InChI=1S/C24H25NO4/c1-3-5-15-28-17-12-10-16(11-13-17)21-20-22(26)18-8-6-7-9-19(18)29-23(20)24(27)25(21)14-4-2/h6-13,21H,3-5,14-15H2,1-2H3. The number of hydrogen-bond donors (Lipinski definition) is 0. The maximum absolute atomic E-state index is 13.3. The van der Waals surface area contributed by atoms with Crippen molar-refractivity contribution in [2.45, 2.75) is 39.2 Å². The summed E-state index contributed by atoms with van der Waals surface area (Å²) in [5, 5.41) is 0.502. The van der Waals surface area contributed by atoms with Gasteiger partial charge in [-0.2, -0.15) is 0 Å². The summed E-state index contributed by atoms with van der Waals surface area (Å²) in [5.74, 6) is 0.729. The number of rotatable bonds is 7. The minimum Gasteiger partial charge on any atom is -0.494 e. The van der Waals surface area contributed by atoms with Crippen LogP contribution in [0, 0.1) is 0 Å². The molecule has 2 aromatic carbocycles. The second kappa shape index (κ2) is 8.11. The molecule has 1 aliphatic heterocycles. The van der Waals surface area contributed by atoms with Gasteiger partial charge in [-0.05, 0) is 42.7 Å². The molecule has 2 heterocycles. The zero-order valence-corrected chi connectivity index (χ0v) is 16.8. The van der Waals surface area contributed by atoms with Crippen LogP contribution in [-0.4, -0.2) is 24.0 Å². The highest BCUT2D eigenvalue weighted by molar-refractivity contribution is 5.99. The molecule has 0 aliphatic carbocycles. The van der Waals surface area contributed by atoms with E-state index in [0.29, 0.717) is 29.7 Å². The van der Waals surface area contributed by atoms with Crippen LogP contribution in [0.1, 0.15) is 60.8 Å². The first-order chi connectivity index (χ1) is 14.2. The number of hydrogen-bond acceptors (Lipinski definition) is 4. The summed E-state index contributed by atoms with van der Waals surface area (Å²) in [6.07, 6.45) is 2.88. The van der Waals surface area contributed by atoms with Crippen molar-refractivity contribution >= 4 is 16.9 Å². The van der Waals surface area contributed by atoms with E-state index in [1.807, 2.05) is 37.3 Å². The number of carbonyl (C=O) groups excluding carboxylic acids is 1. The molecule has 1 atom stereocenters. The molecule has 0 radical (unpaired) electrons. The van der Waals surface area contributed by atoms with E-state index in [9.17, 15) is 9.59 Å². The molecule has 1 aromatic heterocycles. The SMILES string of the molecule is CCCCOc1ccc(C2c3c(oc4ccccc4c3=O)C(=O)N2CCC)cc1. The Morgan fingerprint density at radius 3 is 2.48 bits per heavy atom. The van der Waals surface area contributed by atoms with Crippen LogP contribution in [0.4, 0.5) is 0 Å². The van der Waals surface area contributed by atoms with Crippen LogP contribution < -0.4 is 10.2 Å². The van der Waals surface area contributed by atoms with Gasteiger partial charge in [0.1, 0.15) is 11.3 Å². The lowest BCUT2D eigenvalue weighted by Crippen LogP contribution is -2.30. The first kappa shape index (κ1) is 19.2. The first-order valence-electron chi connectivity index (χ1n) is 10.2. The molecule has 5 nitrogen and oxygen atoms in total. The largest absolute Gasteiger partial charge is 0.494 e. The fourth-order valence-electron chi connectivity index (χ4n) is 3.87. The average molecular weight is 391 g/mol. The van der Waals surface area contributed by atoms with E-state index in [1.54, 1.807) is 23.1 Å². The van der Waals surface area contributed by atoms with Gasteiger partial charge in [-0.25, -0.2) is 0 Å². The van der Waals surface area contributed by atoms with Crippen LogP contribution >= 0.6 is 0 Å². The third kappa shape index (κ3) is 3.41. The summed E-state index contributed by atoms with van der Waals surface area (Å²) in [5.41, 5.74) is 1.63. The molecular weight excluding hydrogens is 366 g/mol. The van der Waals surface area contributed by atoms with Crippen molar-refractivity contribution in [1.29, 1.82) is 0 Å². The van der Waals surface area contributed by atoms with Crippen LogP contribution in [-0.2, 0) is 0 Å². The van der Waals surface area contributed by atoms with Gasteiger partial charge in [-0.15, -0.1) is 0 Å². The van der Waals surface area contributed by atoms with Gasteiger partial charge < -0.3 is 14.1 Å². The van der Waals surface area contributed by atoms with E-state index in [4.69, 9.17) is 9.15 Å². The highest BCUT2D eigenvalue weighted by Crippen LogP contribution is 2.38. The molecule has 4 rings (SSSR count). The maximum Gasteiger partial charge on any atom is 0.290 e.